The Bertz CT molecular complexity index is 804. The van der Waals surface area contributed by atoms with Gasteiger partial charge >= 0.3 is 0 Å². The Morgan fingerprint density at radius 2 is 1.32 bits per heavy atom. The zero-order valence-electron chi connectivity index (χ0n) is 12.3. The Kier molecular flexibility index (Phi) is 3.32. The lowest BCUT2D eigenvalue weighted by Gasteiger charge is -2.25. The number of para-hydroxylation sites is 1. The van der Waals surface area contributed by atoms with Crippen molar-refractivity contribution in [2.45, 2.75) is 12.3 Å². The summed E-state index contributed by atoms with van der Waals surface area (Å²) in [7, 11) is 0. The van der Waals surface area contributed by atoms with Crippen molar-refractivity contribution >= 4 is 11.4 Å². The first kappa shape index (κ1) is 13.0. The molecular formula is C21H17N. The Hall–Kier alpha value is -2.67. The summed E-state index contributed by atoms with van der Waals surface area (Å²) < 4.78 is 0. The molecule has 0 amide bonds. The number of hydrogen-bond acceptors (Lipinski definition) is 1. The Morgan fingerprint density at radius 3 is 2.09 bits per heavy atom. The molecule has 3 aromatic rings. The van der Waals surface area contributed by atoms with Crippen LogP contribution in [0.4, 0.5) is 5.69 Å². The van der Waals surface area contributed by atoms with Gasteiger partial charge in [0.05, 0.1) is 11.4 Å². The summed E-state index contributed by atoms with van der Waals surface area (Å²) in [5, 5.41) is 0. The maximum absolute atomic E-state index is 4.99. The van der Waals surface area contributed by atoms with Crippen LogP contribution in [0.1, 0.15) is 22.6 Å². The van der Waals surface area contributed by atoms with E-state index in [4.69, 9.17) is 4.99 Å². The van der Waals surface area contributed by atoms with Gasteiger partial charge < -0.3 is 0 Å². The maximum atomic E-state index is 4.99. The molecule has 1 heteroatoms. The molecule has 106 valence electrons. The van der Waals surface area contributed by atoms with Gasteiger partial charge in [0, 0.05) is 5.92 Å². The molecule has 0 N–H and O–H groups in total. The van der Waals surface area contributed by atoms with E-state index in [1.807, 2.05) is 0 Å². The molecule has 1 aliphatic rings. The van der Waals surface area contributed by atoms with Crippen LogP contribution in [-0.4, -0.2) is 5.71 Å². The van der Waals surface area contributed by atoms with Crippen molar-refractivity contribution in [1.82, 2.24) is 0 Å². The van der Waals surface area contributed by atoms with Crippen molar-refractivity contribution < 1.29 is 0 Å². The lowest BCUT2D eigenvalue weighted by atomic mass is 9.82. The second-order valence-electron chi connectivity index (χ2n) is 5.66. The smallest absolute Gasteiger partial charge is 0.0665 e. The van der Waals surface area contributed by atoms with Crippen LogP contribution >= 0.6 is 0 Å². The van der Waals surface area contributed by atoms with E-state index < -0.39 is 0 Å². The molecule has 22 heavy (non-hydrogen) atoms. The summed E-state index contributed by atoms with van der Waals surface area (Å²) in [6, 6.07) is 29.7. The predicted octanol–water partition coefficient (Wildman–Crippen LogP) is 5.15. The fourth-order valence-corrected chi connectivity index (χ4v) is 3.15. The number of hydrogen-bond donors (Lipinski definition) is 0. The molecule has 1 atom stereocenters. The third-order valence-electron chi connectivity index (χ3n) is 4.26. The monoisotopic (exact) mass is 283 g/mol. The summed E-state index contributed by atoms with van der Waals surface area (Å²) in [4.78, 5) is 4.99. The first-order valence-electron chi connectivity index (χ1n) is 7.69. The third-order valence-corrected chi connectivity index (χ3v) is 4.26. The van der Waals surface area contributed by atoms with Gasteiger partial charge in [-0.05, 0) is 29.2 Å². The minimum atomic E-state index is 0.318. The fourth-order valence-electron chi connectivity index (χ4n) is 3.15. The fraction of sp³-hybridized carbons (Fsp3) is 0.0952. The van der Waals surface area contributed by atoms with E-state index in [0.29, 0.717) is 5.92 Å². The average molecular weight is 283 g/mol. The predicted molar refractivity (Wildman–Crippen MR) is 92.0 cm³/mol. The van der Waals surface area contributed by atoms with Crippen LogP contribution in [0.2, 0.25) is 0 Å². The Balaban J connectivity index is 1.87. The Labute approximate surface area is 131 Å². The first-order valence-corrected chi connectivity index (χ1v) is 7.69. The van der Waals surface area contributed by atoms with Crippen LogP contribution in [0.5, 0.6) is 0 Å². The van der Waals surface area contributed by atoms with Crippen molar-refractivity contribution in [3.63, 3.8) is 0 Å². The summed E-state index contributed by atoms with van der Waals surface area (Å²) in [5.41, 5.74) is 6.15. The average Bonchev–Trinajstić information content (AvgIpc) is 2.62. The number of aliphatic imine (C=N–C) groups is 1. The van der Waals surface area contributed by atoms with Crippen LogP contribution in [0, 0.1) is 0 Å². The standard InChI is InChI=1S/C21H17N/c1-3-9-16(10-4-1)19-15-18-13-7-8-14-20(18)22-21(19)17-11-5-2-6-12-17/h1-14,19H,15H2. The summed E-state index contributed by atoms with van der Waals surface area (Å²) in [6.45, 7) is 0. The SMILES string of the molecule is c1ccc(C2=Nc3ccccc3CC2c2ccccc2)cc1. The zero-order valence-corrected chi connectivity index (χ0v) is 12.3. The van der Waals surface area contributed by atoms with E-state index in [0.717, 1.165) is 12.1 Å². The molecule has 3 aromatic carbocycles. The van der Waals surface area contributed by atoms with Crippen molar-refractivity contribution in [2.75, 3.05) is 0 Å². The zero-order chi connectivity index (χ0) is 14.8. The van der Waals surface area contributed by atoms with Crippen molar-refractivity contribution in [3.05, 3.63) is 102 Å². The lowest BCUT2D eigenvalue weighted by Crippen LogP contribution is -2.19. The van der Waals surface area contributed by atoms with Gasteiger partial charge in [0.15, 0.2) is 0 Å². The molecule has 0 spiro atoms. The summed E-state index contributed by atoms with van der Waals surface area (Å²) in [5.74, 6) is 0.318. The normalized spacial score (nSPS) is 16.7. The van der Waals surface area contributed by atoms with Gasteiger partial charge in [0.2, 0.25) is 0 Å². The topological polar surface area (TPSA) is 12.4 Å². The number of nitrogens with zero attached hydrogens (tertiary/aromatic N) is 1. The minimum absolute atomic E-state index is 0.318. The summed E-state index contributed by atoms with van der Waals surface area (Å²) in [6.07, 6.45) is 1.01. The Morgan fingerprint density at radius 1 is 0.682 bits per heavy atom. The largest absolute Gasteiger partial charge is 0.252 e. The van der Waals surface area contributed by atoms with Gasteiger partial charge in [0.25, 0.3) is 0 Å². The highest BCUT2D eigenvalue weighted by atomic mass is 14.8. The quantitative estimate of drug-likeness (QED) is 0.617. The van der Waals surface area contributed by atoms with E-state index in [9.17, 15) is 0 Å². The second-order valence-corrected chi connectivity index (χ2v) is 5.66. The molecular weight excluding hydrogens is 266 g/mol. The molecule has 1 unspecified atom stereocenters. The van der Waals surface area contributed by atoms with E-state index in [1.165, 1.54) is 22.4 Å². The highest BCUT2D eigenvalue weighted by molar-refractivity contribution is 6.07. The number of benzene rings is 3. The van der Waals surface area contributed by atoms with Gasteiger partial charge in [0.1, 0.15) is 0 Å². The minimum Gasteiger partial charge on any atom is -0.252 e. The van der Waals surface area contributed by atoms with Gasteiger partial charge in [-0.2, -0.15) is 0 Å². The van der Waals surface area contributed by atoms with E-state index in [-0.39, 0.29) is 0 Å². The number of rotatable bonds is 2. The van der Waals surface area contributed by atoms with Crippen LogP contribution in [0.3, 0.4) is 0 Å². The molecule has 0 aliphatic carbocycles. The van der Waals surface area contributed by atoms with Gasteiger partial charge in [-0.1, -0.05) is 78.9 Å². The molecule has 0 radical (unpaired) electrons. The molecule has 0 bridgehead atoms. The van der Waals surface area contributed by atoms with E-state index >= 15 is 0 Å². The van der Waals surface area contributed by atoms with Gasteiger partial charge in [-0.25, -0.2) is 0 Å². The summed E-state index contributed by atoms with van der Waals surface area (Å²) >= 11 is 0. The van der Waals surface area contributed by atoms with Gasteiger partial charge in [-0.15, -0.1) is 0 Å². The molecule has 0 saturated carbocycles. The van der Waals surface area contributed by atoms with Crippen molar-refractivity contribution in [2.24, 2.45) is 4.99 Å². The van der Waals surface area contributed by atoms with Crippen LogP contribution in [0.15, 0.2) is 89.9 Å². The third kappa shape index (κ3) is 2.35. The van der Waals surface area contributed by atoms with Crippen molar-refractivity contribution in [1.29, 1.82) is 0 Å². The molecule has 4 rings (SSSR count). The number of fused-ring (bicyclic) bond motifs is 1. The van der Waals surface area contributed by atoms with E-state index in [1.54, 1.807) is 0 Å². The molecule has 1 aliphatic heterocycles. The molecule has 1 nitrogen and oxygen atoms in total. The highest BCUT2D eigenvalue weighted by Gasteiger charge is 2.25. The van der Waals surface area contributed by atoms with Crippen molar-refractivity contribution in [3.8, 4) is 0 Å². The van der Waals surface area contributed by atoms with Gasteiger partial charge in [-0.3, -0.25) is 4.99 Å². The highest BCUT2D eigenvalue weighted by Crippen LogP contribution is 2.35. The first-order chi connectivity index (χ1) is 10.9. The lowest BCUT2D eigenvalue weighted by molar-refractivity contribution is 0.859. The van der Waals surface area contributed by atoms with Crippen LogP contribution in [-0.2, 0) is 6.42 Å². The molecule has 0 fully saturated rings. The maximum Gasteiger partial charge on any atom is 0.0665 e. The molecule has 0 saturated heterocycles. The molecule has 0 aromatic heterocycles. The van der Waals surface area contributed by atoms with Crippen LogP contribution in [0.25, 0.3) is 0 Å². The second kappa shape index (κ2) is 5.61. The van der Waals surface area contributed by atoms with E-state index in [2.05, 4.69) is 84.9 Å². The molecule has 1 heterocycles. The van der Waals surface area contributed by atoms with Crippen LogP contribution < -0.4 is 0 Å².